The van der Waals surface area contributed by atoms with E-state index in [4.69, 9.17) is 14.2 Å². The van der Waals surface area contributed by atoms with Gasteiger partial charge in [0.15, 0.2) is 5.13 Å². The quantitative estimate of drug-likeness (QED) is 0.438. The van der Waals surface area contributed by atoms with E-state index in [1.165, 1.54) is 13.2 Å². The smallest absolute Gasteiger partial charge is 0.410 e. The monoisotopic (exact) mass is 504 g/mol. The molecule has 35 heavy (non-hydrogen) atoms. The van der Waals surface area contributed by atoms with E-state index < -0.39 is 0 Å². The summed E-state index contributed by atoms with van der Waals surface area (Å²) >= 11 is 0.983. The maximum atomic E-state index is 14.2. The molecule has 2 aliphatic rings. The fourth-order valence-electron chi connectivity index (χ4n) is 5.01. The fourth-order valence-corrected chi connectivity index (χ4v) is 5.88. The van der Waals surface area contributed by atoms with E-state index in [9.17, 15) is 14.0 Å². The lowest BCUT2D eigenvalue weighted by Gasteiger charge is -2.28. The fraction of sp³-hybridized carbons (Fsp3) is 0.577. The van der Waals surface area contributed by atoms with Crippen LogP contribution in [-0.4, -0.2) is 48.2 Å². The van der Waals surface area contributed by atoms with Gasteiger partial charge in [-0.05, 0) is 63.6 Å². The Kier molecular flexibility index (Phi) is 8.26. The molecule has 0 N–H and O–H groups in total. The van der Waals surface area contributed by atoms with E-state index >= 15 is 0 Å². The average Bonchev–Trinajstić information content (AvgIpc) is 3.53. The number of carbonyl (C=O) groups excluding carboxylic acids is 2. The van der Waals surface area contributed by atoms with Crippen LogP contribution in [0.25, 0.3) is 10.6 Å². The molecule has 2 aliphatic carbocycles. The molecule has 1 amide bonds. The third-order valence-corrected chi connectivity index (χ3v) is 8.00. The first-order valence-electron chi connectivity index (χ1n) is 12.3. The van der Waals surface area contributed by atoms with Crippen molar-refractivity contribution in [1.82, 2.24) is 9.88 Å². The van der Waals surface area contributed by atoms with Crippen LogP contribution >= 0.6 is 11.3 Å². The molecule has 2 fully saturated rings. The van der Waals surface area contributed by atoms with E-state index in [0.717, 1.165) is 56.3 Å². The van der Waals surface area contributed by atoms with Gasteiger partial charge in [-0.15, -0.1) is 11.3 Å². The first kappa shape index (κ1) is 25.4. The van der Waals surface area contributed by atoms with E-state index in [0.29, 0.717) is 34.0 Å². The number of aryl methyl sites for hydroxylation is 1. The van der Waals surface area contributed by atoms with Crippen molar-refractivity contribution in [3.63, 3.8) is 0 Å². The standard InChI is InChI=1S/C26H33FN2O5S/c1-16-22(34-20-10-6-7-17(13-20)25(30)32-3)12-11-21(28-16)24-18(14-23(27)35-24)15-33-26(31)29(2)19-8-4-5-9-19/h11-12,14,17,19-20H,4-10,13,15H2,1-3H3/t17-,20-/m0/s1. The molecule has 0 radical (unpaired) electrons. The lowest BCUT2D eigenvalue weighted by atomic mass is 9.87. The number of rotatable bonds is 7. The van der Waals surface area contributed by atoms with Crippen LogP contribution in [0.4, 0.5) is 9.18 Å². The van der Waals surface area contributed by atoms with Gasteiger partial charge in [-0.1, -0.05) is 12.8 Å². The number of esters is 1. The van der Waals surface area contributed by atoms with Gasteiger partial charge >= 0.3 is 12.1 Å². The highest BCUT2D eigenvalue weighted by atomic mass is 32.1. The predicted octanol–water partition coefficient (Wildman–Crippen LogP) is 5.88. The minimum atomic E-state index is -0.389. The number of amides is 1. The second-order valence-corrected chi connectivity index (χ2v) is 10.4. The molecule has 7 nitrogen and oxygen atoms in total. The lowest BCUT2D eigenvalue weighted by Crippen LogP contribution is -2.35. The highest BCUT2D eigenvalue weighted by molar-refractivity contribution is 7.14. The summed E-state index contributed by atoms with van der Waals surface area (Å²) in [4.78, 5) is 31.3. The van der Waals surface area contributed by atoms with E-state index in [2.05, 4.69) is 4.98 Å². The molecule has 2 heterocycles. The Labute approximate surface area is 209 Å². The van der Waals surface area contributed by atoms with Crippen LogP contribution in [0.15, 0.2) is 18.2 Å². The molecule has 190 valence electrons. The normalized spacial score (nSPS) is 20.5. The Morgan fingerprint density at radius 3 is 2.66 bits per heavy atom. The minimum Gasteiger partial charge on any atom is -0.489 e. The molecule has 0 saturated heterocycles. The van der Waals surface area contributed by atoms with Gasteiger partial charge in [-0.25, -0.2) is 9.78 Å². The number of hydrogen-bond donors (Lipinski definition) is 0. The second kappa shape index (κ2) is 11.4. The average molecular weight is 505 g/mol. The van der Waals surface area contributed by atoms with E-state index in [-0.39, 0.29) is 41.9 Å². The van der Waals surface area contributed by atoms with Crippen LogP contribution in [0.5, 0.6) is 5.75 Å². The molecule has 2 aromatic rings. The molecule has 0 aliphatic heterocycles. The summed E-state index contributed by atoms with van der Waals surface area (Å²) in [6.07, 6.45) is 6.98. The number of thiophene rings is 1. The van der Waals surface area contributed by atoms with Crippen LogP contribution in [-0.2, 0) is 20.9 Å². The third kappa shape index (κ3) is 6.12. The van der Waals surface area contributed by atoms with E-state index in [1.54, 1.807) is 18.0 Å². The summed E-state index contributed by atoms with van der Waals surface area (Å²) in [5, 5.41) is -0.356. The van der Waals surface area contributed by atoms with Gasteiger partial charge in [0.25, 0.3) is 0 Å². The maximum Gasteiger partial charge on any atom is 0.410 e. The Hall–Kier alpha value is -2.68. The summed E-state index contributed by atoms with van der Waals surface area (Å²) in [6, 6.07) is 5.24. The first-order valence-corrected chi connectivity index (χ1v) is 13.1. The highest BCUT2D eigenvalue weighted by Gasteiger charge is 2.29. The molecule has 0 aromatic carbocycles. The Bertz CT molecular complexity index is 1050. The number of carbonyl (C=O) groups is 2. The molecule has 4 rings (SSSR count). The maximum absolute atomic E-state index is 14.2. The van der Waals surface area contributed by atoms with Crippen molar-refractivity contribution >= 4 is 23.4 Å². The van der Waals surface area contributed by atoms with Crippen molar-refractivity contribution in [2.24, 2.45) is 5.92 Å². The van der Waals surface area contributed by atoms with Crippen molar-refractivity contribution in [2.45, 2.75) is 77.0 Å². The Morgan fingerprint density at radius 2 is 1.94 bits per heavy atom. The van der Waals surface area contributed by atoms with Gasteiger partial charge in [-0.2, -0.15) is 4.39 Å². The number of ether oxygens (including phenoxy) is 3. The van der Waals surface area contributed by atoms with Crippen LogP contribution in [0.3, 0.4) is 0 Å². The number of halogens is 1. The van der Waals surface area contributed by atoms with Crippen molar-refractivity contribution in [3.05, 3.63) is 34.6 Å². The van der Waals surface area contributed by atoms with Crippen molar-refractivity contribution in [1.29, 1.82) is 0 Å². The predicted molar refractivity (Wildman–Crippen MR) is 131 cm³/mol. The van der Waals surface area contributed by atoms with E-state index in [1.807, 2.05) is 13.0 Å². The molecular formula is C26H33FN2O5S. The topological polar surface area (TPSA) is 78.0 Å². The zero-order valence-electron chi connectivity index (χ0n) is 20.5. The van der Waals surface area contributed by atoms with Gasteiger partial charge < -0.3 is 19.1 Å². The number of pyridine rings is 1. The number of hydrogen-bond acceptors (Lipinski definition) is 7. The summed E-state index contributed by atoms with van der Waals surface area (Å²) < 4.78 is 30.8. The third-order valence-electron chi connectivity index (χ3n) is 7.01. The molecule has 9 heteroatoms. The van der Waals surface area contributed by atoms with Crippen LogP contribution in [0.1, 0.15) is 62.6 Å². The largest absolute Gasteiger partial charge is 0.489 e. The summed E-state index contributed by atoms with van der Waals surface area (Å²) in [6.45, 7) is 1.83. The number of methoxy groups -OCH3 is 1. The summed E-state index contributed by atoms with van der Waals surface area (Å²) in [7, 11) is 3.17. The molecule has 0 bridgehead atoms. The van der Waals surface area contributed by atoms with Gasteiger partial charge in [0.2, 0.25) is 0 Å². The summed E-state index contributed by atoms with van der Waals surface area (Å²) in [5.41, 5.74) is 1.88. The Balaban J connectivity index is 1.42. The van der Waals surface area contributed by atoms with Crippen LogP contribution in [0, 0.1) is 18.0 Å². The van der Waals surface area contributed by atoms with Crippen LogP contribution in [0.2, 0.25) is 0 Å². The molecule has 0 unspecified atom stereocenters. The SMILES string of the molecule is COC(=O)[C@H]1CCC[C@H](Oc2ccc(-c3sc(F)cc3COC(=O)N(C)C3CCCC3)nc2C)C1. The first-order chi connectivity index (χ1) is 16.9. The highest BCUT2D eigenvalue weighted by Crippen LogP contribution is 2.35. The van der Waals surface area contributed by atoms with Crippen molar-refractivity contribution in [3.8, 4) is 16.3 Å². The zero-order chi connectivity index (χ0) is 24.9. The van der Waals surface area contributed by atoms with Gasteiger partial charge in [0.05, 0.1) is 35.4 Å². The molecule has 2 aromatic heterocycles. The molecular weight excluding hydrogens is 471 g/mol. The molecule has 2 atom stereocenters. The van der Waals surface area contributed by atoms with Gasteiger partial charge in [-0.3, -0.25) is 4.79 Å². The van der Waals surface area contributed by atoms with Crippen LogP contribution < -0.4 is 4.74 Å². The minimum absolute atomic E-state index is 0.0123. The van der Waals surface area contributed by atoms with Gasteiger partial charge in [0.1, 0.15) is 12.4 Å². The lowest BCUT2D eigenvalue weighted by molar-refractivity contribution is -0.147. The molecule has 0 spiro atoms. The van der Waals surface area contributed by atoms with Crippen molar-refractivity contribution < 1.29 is 28.2 Å². The summed E-state index contributed by atoms with van der Waals surface area (Å²) in [5.74, 6) is 0.316. The Morgan fingerprint density at radius 1 is 1.17 bits per heavy atom. The number of nitrogens with zero attached hydrogens (tertiary/aromatic N) is 2. The number of aromatic nitrogens is 1. The molecule has 2 saturated carbocycles. The zero-order valence-corrected chi connectivity index (χ0v) is 21.4. The second-order valence-electron chi connectivity index (χ2n) is 9.42. The van der Waals surface area contributed by atoms with Crippen molar-refractivity contribution in [2.75, 3.05) is 14.2 Å². The van der Waals surface area contributed by atoms with Gasteiger partial charge in [0, 0.05) is 18.7 Å².